The van der Waals surface area contributed by atoms with Crippen molar-refractivity contribution >= 4 is 22.6 Å². The summed E-state index contributed by atoms with van der Waals surface area (Å²) in [5, 5.41) is 11.1. The first-order chi connectivity index (χ1) is 14.6. The molecule has 5 nitrogen and oxygen atoms in total. The quantitative estimate of drug-likeness (QED) is 0.433. The topological polar surface area (TPSA) is 56.5 Å². The molecule has 30 heavy (non-hydrogen) atoms. The van der Waals surface area contributed by atoms with Gasteiger partial charge >= 0.3 is 0 Å². The highest BCUT2D eigenvalue weighted by Crippen LogP contribution is 2.24. The van der Waals surface area contributed by atoms with Gasteiger partial charge in [-0.05, 0) is 42.8 Å². The fourth-order valence-corrected chi connectivity index (χ4v) is 3.50. The maximum absolute atomic E-state index is 10.6. The molecule has 0 spiro atoms. The van der Waals surface area contributed by atoms with Crippen LogP contribution < -0.4 is 9.47 Å². The molecule has 1 aromatic heterocycles. The van der Waals surface area contributed by atoms with Gasteiger partial charge in [0.25, 0.3) is 0 Å². The van der Waals surface area contributed by atoms with E-state index in [0.29, 0.717) is 23.9 Å². The lowest BCUT2D eigenvalue weighted by molar-refractivity contribution is 0.0918. The molecule has 0 aliphatic carbocycles. The van der Waals surface area contributed by atoms with Gasteiger partial charge in [0.1, 0.15) is 36.6 Å². The molecule has 1 N–H and O–H groups in total. The van der Waals surface area contributed by atoms with Crippen molar-refractivity contribution in [1.82, 2.24) is 9.55 Å². The highest BCUT2D eigenvalue weighted by molar-refractivity contribution is 6.32. The highest BCUT2D eigenvalue weighted by Gasteiger charge is 2.16. The minimum Gasteiger partial charge on any atom is -0.489 e. The van der Waals surface area contributed by atoms with Gasteiger partial charge in [0.15, 0.2) is 0 Å². The van der Waals surface area contributed by atoms with Crippen LogP contribution in [0.25, 0.3) is 11.0 Å². The minimum atomic E-state index is -0.740. The maximum Gasteiger partial charge on any atom is 0.148 e. The van der Waals surface area contributed by atoms with Gasteiger partial charge in [0.05, 0.1) is 22.6 Å². The summed E-state index contributed by atoms with van der Waals surface area (Å²) in [4.78, 5) is 4.71. The van der Waals surface area contributed by atoms with E-state index in [0.717, 1.165) is 28.2 Å². The van der Waals surface area contributed by atoms with Crippen molar-refractivity contribution in [1.29, 1.82) is 0 Å². The van der Waals surface area contributed by atoms with Crippen LogP contribution in [0.1, 0.15) is 11.4 Å². The predicted molar refractivity (Wildman–Crippen MR) is 118 cm³/mol. The highest BCUT2D eigenvalue weighted by atomic mass is 35.5. The third kappa shape index (κ3) is 4.58. The first-order valence-corrected chi connectivity index (χ1v) is 10.2. The average Bonchev–Trinajstić information content (AvgIpc) is 3.10. The van der Waals surface area contributed by atoms with Crippen LogP contribution >= 0.6 is 11.6 Å². The maximum atomic E-state index is 10.6. The Bertz CT molecular complexity index is 1140. The Morgan fingerprint density at radius 1 is 0.933 bits per heavy atom. The summed E-state index contributed by atoms with van der Waals surface area (Å²) in [5.74, 6) is 2.12. The molecular weight excluding hydrogens is 400 g/mol. The van der Waals surface area contributed by atoms with Crippen molar-refractivity contribution in [2.75, 3.05) is 6.61 Å². The molecule has 1 atom stereocenters. The van der Waals surface area contributed by atoms with Gasteiger partial charge in [-0.25, -0.2) is 4.98 Å². The lowest BCUT2D eigenvalue weighted by Gasteiger charge is -2.16. The van der Waals surface area contributed by atoms with Crippen molar-refractivity contribution < 1.29 is 14.6 Å². The Balaban J connectivity index is 1.51. The normalized spacial score (nSPS) is 12.1. The molecule has 6 heteroatoms. The first-order valence-electron chi connectivity index (χ1n) is 9.80. The molecule has 0 saturated heterocycles. The van der Waals surface area contributed by atoms with Gasteiger partial charge in [-0.2, -0.15) is 0 Å². The number of nitrogens with zero attached hydrogens (tertiary/aromatic N) is 2. The summed E-state index contributed by atoms with van der Waals surface area (Å²) in [6, 6.07) is 22.9. The molecule has 154 valence electrons. The Kier molecular flexibility index (Phi) is 6.21. The van der Waals surface area contributed by atoms with E-state index in [-0.39, 0.29) is 6.61 Å². The smallest absolute Gasteiger partial charge is 0.148 e. The number of aryl methyl sites for hydroxylation is 1. The van der Waals surface area contributed by atoms with Gasteiger partial charge < -0.3 is 19.1 Å². The van der Waals surface area contributed by atoms with Crippen molar-refractivity contribution in [2.45, 2.75) is 26.2 Å². The van der Waals surface area contributed by atoms with E-state index in [1.807, 2.05) is 72.2 Å². The van der Waals surface area contributed by atoms with Crippen molar-refractivity contribution in [2.24, 2.45) is 0 Å². The molecule has 4 aromatic rings. The molecule has 0 amide bonds. The molecule has 0 unspecified atom stereocenters. The largest absolute Gasteiger partial charge is 0.489 e. The number of hydrogen-bond acceptors (Lipinski definition) is 4. The molecule has 4 rings (SSSR count). The predicted octanol–water partition coefficient (Wildman–Crippen LogP) is 5.02. The number of aliphatic hydroxyl groups is 1. The van der Waals surface area contributed by atoms with Gasteiger partial charge in [-0.3, -0.25) is 0 Å². The summed E-state index contributed by atoms with van der Waals surface area (Å²) in [6.07, 6.45) is -0.740. The minimum absolute atomic E-state index is 0.119. The standard InChI is InChI=1S/C24H23ClN2O3/c1-17-8-2-6-12-22(17)30-16-24-26-20-10-4-5-11-21(20)27(24)14-18(28)15-29-23-13-7-3-9-19(23)25/h2-13,18,28H,14-16H2,1H3/t18-/m0/s1. The number of imidazole rings is 1. The summed E-state index contributed by atoms with van der Waals surface area (Å²) in [7, 11) is 0. The zero-order valence-corrected chi connectivity index (χ0v) is 17.4. The van der Waals surface area contributed by atoms with Gasteiger partial charge in [-0.1, -0.05) is 54.1 Å². The van der Waals surface area contributed by atoms with Crippen LogP contribution in [0.5, 0.6) is 11.5 Å². The van der Waals surface area contributed by atoms with E-state index >= 15 is 0 Å². The van der Waals surface area contributed by atoms with Crippen LogP contribution in [0.15, 0.2) is 72.8 Å². The SMILES string of the molecule is Cc1ccccc1OCc1nc2ccccc2n1C[C@H](O)COc1ccccc1Cl. The van der Waals surface area contributed by atoms with Gasteiger partial charge in [0, 0.05) is 0 Å². The summed E-state index contributed by atoms with van der Waals surface area (Å²) in [5.41, 5.74) is 2.87. The summed E-state index contributed by atoms with van der Waals surface area (Å²) < 4.78 is 13.7. The van der Waals surface area contributed by atoms with Gasteiger partial charge in [-0.15, -0.1) is 0 Å². The Labute approximate surface area is 180 Å². The number of benzene rings is 3. The second kappa shape index (κ2) is 9.20. The number of aliphatic hydroxyl groups excluding tert-OH is 1. The van der Waals surface area contributed by atoms with Crippen LogP contribution in [-0.4, -0.2) is 27.4 Å². The molecule has 0 aliphatic heterocycles. The number of fused-ring (bicyclic) bond motifs is 1. The van der Waals surface area contributed by atoms with E-state index in [4.69, 9.17) is 26.1 Å². The van der Waals surface area contributed by atoms with Crippen LogP contribution in [0.2, 0.25) is 5.02 Å². The lowest BCUT2D eigenvalue weighted by Crippen LogP contribution is -2.25. The first kappa shape index (κ1) is 20.3. The molecule has 0 saturated carbocycles. The zero-order chi connectivity index (χ0) is 20.9. The third-order valence-electron chi connectivity index (χ3n) is 4.85. The number of para-hydroxylation sites is 4. The monoisotopic (exact) mass is 422 g/mol. The number of rotatable bonds is 8. The lowest BCUT2D eigenvalue weighted by atomic mass is 10.2. The molecular formula is C24H23ClN2O3. The molecule has 0 fully saturated rings. The second-order valence-corrected chi connectivity index (χ2v) is 7.48. The van der Waals surface area contributed by atoms with Crippen LogP contribution in [0.4, 0.5) is 0 Å². The van der Waals surface area contributed by atoms with E-state index < -0.39 is 6.10 Å². The summed E-state index contributed by atoms with van der Waals surface area (Å²) in [6.45, 7) is 2.76. The number of hydrogen-bond donors (Lipinski definition) is 1. The van der Waals surface area contributed by atoms with Crippen molar-refractivity contribution in [3.8, 4) is 11.5 Å². The average molecular weight is 423 g/mol. The van der Waals surface area contributed by atoms with Crippen LogP contribution in [-0.2, 0) is 13.2 Å². The third-order valence-corrected chi connectivity index (χ3v) is 5.16. The molecule has 0 radical (unpaired) electrons. The molecule has 0 bridgehead atoms. The molecule has 1 heterocycles. The Morgan fingerprint density at radius 2 is 1.63 bits per heavy atom. The van der Waals surface area contributed by atoms with Crippen LogP contribution in [0, 0.1) is 6.92 Å². The molecule has 3 aromatic carbocycles. The van der Waals surface area contributed by atoms with Crippen molar-refractivity contribution in [3.05, 3.63) is 89.2 Å². The van der Waals surface area contributed by atoms with Crippen molar-refractivity contribution in [3.63, 3.8) is 0 Å². The zero-order valence-electron chi connectivity index (χ0n) is 16.7. The second-order valence-electron chi connectivity index (χ2n) is 7.08. The van der Waals surface area contributed by atoms with Crippen LogP contribution in [0.3, 0.4) is 0 Å². The number of halogens is 1. The fraction of sp³-hybridized carbons (Fsp3) is 0.208. The van der Waals surface area contributed by atoms with E-state index in [1.54, 1.807) is 12.1 Å². The Hall–Kier alpha value is -3.02. The Morgan fingerprint density at radius 3 is 2.43 bits per heavy atom. The molecule has 0 aliphatic rings. The van der Waals surface area contributed by atoms with E-state index in [2.05, 4.69) is 0 Å². The number of aromatic nitrogens is 2. The summed E-state index contributed by atoms with van der Waals surface area (Å²) >= 11 is 6.13. The fourth-order valence-electron chi connectivity index (χ4n) is 3.31. The van der Waals surface area contributed by atoms with E-state index in [1.165, 1.54) is 0 Å². The number of ether oxygens (including phenoxy) is 2. The van der Waals surface area contributed by atoms with Gasteiger partial charge in [0.2, 0.25) is 0 Å². The van der Waals surface area contributed by atoms with E-state index in [9.17, 15) is 5.11 Å².